The molecule has 0 aromatic carbocycles. The highest BCUT2D eigenvalue weighted by Gasteiger charge is 2.03. The Morgan fingerprint density at radius 2 is 2.42 bits per heavy atom. The summed E-state index contributed by atoms with van der Waals surface area (Å²) in [7, 11) is 1.66. The second-order valence-corrected chi connectivity index (χ2v) is 5.14. The van der Waals surface area contributed by atoms with Crippen LogP contribution in [-0.2, 0) is 17.7 Å². The van der Waals surface area contributed by atoms with E-state index in [0.717, 1.165) is 12.2 Å². The number of ether oxygens (including phenoxy) is 1. The van der Waals surface area contributed by atoms with E-state index in [1.807, 2.05) is 17.5 Å². The zero-order valence-electron chi connectivity index (χ0n) is 10.8. The smallest absolute Gasteiger partial charge is 0.251 e. The third kappa shape index (κ3) is 4.59. The molecule has 0 saturated carbocycles. The Morgan fingerprint density at radius 3 is 3.16 bits per heavy atom. The Labute approximate surface area is 115 Å². The third-order valence-corrected chi connectivity index (χ3v) is 3.43. The summed E-state index contributed by atoms with van der Waals surface area (Å²) in [6.45, 7) is 1.96. The summed E-state index contributed by atoms with van der Waals surface area (Å²) >= 11 is 1.66. The molecule has 0 aliphatic carbocycles. The van der Waals surface area contributed by atoms with Crippen LogP contribution in [0.4, 0.5) is 0 Å². The molecule has 0 bridgehead atoms. The quantitative estimate of drug-likeness (QED) is 0.746. The van der Waals surface area contributed by atoms with Gasteiger partial charge in [0.15, 0.2) is 0 Å². The number of thiophene rings is 1. The average molecular weight is 279 g/mol. The number of nitrogens with one attached hydrogen (secondary N) is 2. The van der Waals surface area contributed by atoms with Crippen molar-refractivity contribution in [1.82, 2.24) is 15.3 Å². The summed E-state index contributed by atoms with van der Waals surface area (Å²) in [5.41, 5.74) is 0.650. The van der Waals surface area contributed by atoms with Gasteiger partial charge in [-0.05, 0) is 11.4 Å². The molecule has 0 atom stereocenters. The first-order valence-electron chi connectivity index (χ1n) is 6.09. The largest absolute Gasteiger partial charge is 0.383 e. The highest BCUT2D eigenvalue weighted by atomic mass is 32.1. The standard InChI is InChI=1S/C13H17N3O2S/c1-18-5-4-14-9-10-7-13(17)16-12(15-10)8-11-3-2-6-19-11/h2-3,6-7,14H,4-5,8-9H2,1H3,(H,15,16,17). The lowest BCUT2D eigenvalue weighted by atomic mass is 10.3. The van der Waals surface area contributed by atoms with Crippen LogP contribution in [-0.4, -0.2) is 30.2 Å². The number of nitrogens with zero attached hydrogens (tertiary/aromatic N) is 1. The molecule has 0 fully saturated rings. The first kappa shape index (κ1) is 13.9. The molecule has 5 nitrogen and oxygen atoms in total. The maximum Gasteiger partial charge on any atom is 0.251 e. The Morgan fingerprint density at radius 1 is 1.53 bits per heavy atom. The molecule has 6 heteroatoms. The SMILES string of the molecule is COCCNCc1cc(=O)[nH]c(Cc2cccs2)n1. The second-order valence-electron chi connectivity index (χ2n) is 4.11. The first-order chi connectivity index (χ1) is 9.28. The molecule has 19 heavy (non-hydrogen) atoms. The second kappa shape index (κ2) is 7.18. The van der Waals surface area contributed by atoms with Gasteiger partial charge < -0.3 is 15.0 Å². The van der Waals surface area contributed by atoms with Gasteiger partial charge in [0.25, 0.3) is 5.56 Å². The topological polar surface area (TPSA) is 67.0 Å². The predicted molar refractivity (Wildman–Crippen MR) is 75.6 cm³/mol. The van der Waals surface area contributed by atoms with E-state index in [4.69, 9.17) is 4.74 Å². The van der Waals surface area contributed by atoms with Crippen LogP contribution in [0.3, 0.4) is 0 Å². The van der Waals surface area contributed by atoms with Crippen LogP contribution < -0.4 is 10.9 Å². The van der Waals surface area contributed by atoms with E-state index in [0.29, 0.717) is 25.4 Å². The number of methoxy groups -OCH3 is 1. The summed E-state index contributed by atoms with van der Waals surface area (Å²) in [4.78, 5) is 20.0. The summed E-state index contributed by atoms with van der Waals surface area (Å²) in [6.07, 6.45) is 0.665. The molecule has 0 spiro atoms. The minimum absolute atomic E-state index is 0.106. The molecule has 0 aliphatic rings. The van der Waals surface area contributed by atoms with Crippen LogP contribution in [0.1, 0.15) is 16.4 Å². The number of rotatable bonds is 7. The summed E-state index contributed by atoms with van der Waals surface area (Å²) in [5, 5.41) is 5.20. The predicted octanol–water partition coefficient (Wildman–Crippen LogP) is 1.16. The molecule has 2 aromatic rings. The van der Waals surface area contributed by atoms with Crippen molar-refractivity contribution in [2.75, 3.05) is 20.3 Å². The van der Waals surface area contributed by atoms with Crippen molar-refractivity contribution in [3.63, 3.8) is 0 Å². The number of aromatic amines is 1. The maximum absolute atomic E-state index is 11.6. The number of H-pyrrole nitrogens is 1. The summed E-state index contributed by atoms with van der Waals surface area (Å²) in [6, 6.07) is 5.56. The summed E-state index contributed by atoms with van der Waals surface area (Å²) in [5.74, 6) is 0.707. The lowest BCUT2D eigenvalue weighted by Gasteiger charge is -2.05. The molecular weight excluding hydrogens is 262 g/mol. The van der Waals surface area contributed by atoms with E-state index in [2.05, 4.69) is 15.3 Å². The molecule has 2 N–H and O–H groups in total. The molecule has 0 saturated heterocycles. The lowest BCUT2D eigenvalue weighted by molar-refractivity contribution is 0.199. The van der Waals surface area contributed by atoms with Crippen LogP contribution in [0, 0.1) is 0 Å². The number of hydrogen-bond acceptors (Lipinski definition) is 5. The van der Waals surface area contributed by atoms with Gasteiger partial charge >= 0.3 is 0 Å². The number of aromatic nitrogens is 2. The van der Waals surface area contributed by atoms with Crippen molar-refractivity contribution in [2.45, 2.75) is 13.0 Å². The van der Waals surface area contributed by atoms with E-state index in [9.17, 15) is 4.79 Å². The average Bonchev–Trinajstić information content (AvgIpc) is 2.87. The van der Waals surface area contributed by atoms with Crippen LogP contribution in [0.15, 0.2) is 28.4 Å². The zero-order chi connectivity index (χ0) is 13.5. The molecule has 2 heterocycles. The fraction of sp³-hybridized carbons (Fsp3) is 0.385. The molecule has 0 amide bonds. The fourth-order valence-electron chi connectivity index (χ4n) is 1.71. The molecule has 0 radical (unpaired) electrons. The first-order valence-corrected chi connectivity index (χ1v) is 6.97. The van der Waals surface area contributed by atoms with Crippen LogP contribution in [0.25, 0.3) is 0 Å². The van der Waals surface area contributed by atoms with Gasteiger partial charge in [-0.2, -0.15) is 0 Å². The van der Waals surface area contributed by atoms with E-state index >= 15 is 0 Å². The van der Waals surface area contributed by atoms with Crippen LogP contribution >= 0.6 is 11.3 Å². The third-order valence-electron chi connectivity index (χ3n) is 2.55. The van der Waals surface area contributed by atoms with Gasteiger partial charge in [0.05, 0.1) is 12.3 Å². The van der Waals surface area contributed by atoms with Gasteiger partial charge in [0.2, 0.25) is 0 Å². The Kier molecular flexibility index (Phi) is 5.26. The Bertz CT molecular complexity index is 551. The molecule has 2 aromatic heterocycles. The van der Waals surface area contributed by atoms with Crippen molar-refractivity contribution in [1.29, 1.82) is 0 Å². The van der Waals surface area contributed by atoms with Gasteiger partial charge in [-0.25, -0.2) is 4.98 Å². The van der Waals surface area contributed by atoms with E-state index in [-0.39, 0.29) is 5.56 Å². The van der Waals surface area contributed by atoms with Gasteiger partial charge in [-0.1, -0.05) is 6.07 Å². The highest BCUT2D eigenvalue weighted by molar-refractivity contribution is 7.09. The van der Waals surface area contributed by atoms with E-state index in [1.165, 1.54) is 10.9 Å². The number of hydrogen-bond donors (Lipinski definition) is 2. The van der Waals surface area contributed by atoms with Crippen molar-refractivity contribution in [2.24, 2.45) is 0 Å². The van der Waals surface area contributed by atoms with Gasteiger partial charge in [0.1, 0.15) is 5.82 Å². The molecular formula is C13H17N3O2S. The van der Waals surface area contributed by atoms with Crippen LogP contribution in [0.5, 0.6) is 0 Å². The summed E-state index contributed by atoms with van der Waals surface area (Å²) < 4.78 is 4.95. The van der Waals surface area contributed by atoms with Crippen LogP contribution in [0.2, 0.25) is 0 Å². The van der Waals surface area contributed by atoms with Crippen molar-refractivity contribution in [3.8, 4) is 0 Å². The van der Waals surface area contributed by atoms with E-state index in [1.54, 1.807) is 18.4 Å². The zero-order valence-corrected chi connectivity index (χ0v) is 11.6. The lowest BCUT2D eigenvalue weighted by Crippen LogP contribution is -2.22. The minimum Gasteiger partial charge on any atom is -0.383 e. The fourth-order valence-corrected chi connectivity index (χ4v) is 2.42. The van der Waals surface area contributed by atoms with Gasteiger partial charge in [-0.3, -0.25) is 4.79 Å². The van der Waals surface area contributed by atoms with Crippen molar-refractivity contribution >= 4 is 11.3 Å². The molecule has 2 rings (SSSR count). The van der Waals surface area contributed by atoms with Crippen molar-refractivity contribution < 1.29 is 4.74 Å². The highest BCUT2D eigenvalue weighted by Crippen LogP contribution is 2.11. The normalized spacial score (nSPS) is 10.8. The van der Waals surface area contributed by atoms with Crippen molar-refractivity contribution in [3.05, 3.63) is 50.3 Å². The molecule has 102 valence electrons. The van der Waals surface area contributed by atoms with E-state index < -0.39 is 0 Å². The minimum atomic E-state index is -0.106. The molecule has 0 unspecified atom stereocenters. The Balaban J connectivity index is 2.00. The maximum atomic E-state index is 11.6. The molecule has 0 aliphatic heterocycles. The monoisotopic (exact) mass is 279 g/mol. The van der Waals surface area contributed by atoms with Gasteiger partial charge in [0, 0.05) is 37.6 Å². The van der Waals surface area contributed by atoms with Gasteiger partial charge in [-0.15, -0.1) is 11.3 Å². The Hall–Kier alpha value is -1.50.